The van der Waals surface area contributed by atoms with Crippen molar-refractivity contribution >= 4 is 12.4 Å². The van der Waals surface area contributed by atoms with Gasteiger partial charge in [0.1, 0.15) is 0 Å². The van der Waals surface area contributed by atoms with Gasteiger partial charge in [0.15, 0.2) is 0 Å². The van der Waals surface area contributed by atoms with Crippen molar-refractivity contribution in [3.05, 3.63) is 0 Å². The van der Waals surface area contributed by atoms with Crippen molar-refractivity contribution in [3.8, 4) is 0 Å². The van der Waals surface area contributed by atoms with E-state index in [1.807, 2.05) is 0 Å². The summed E-state index contributed by atoms with van der Waals surface area (Å²) in [4.78, 5) is 18.7. The number of imide groups is 1. The van der Waals surface area contributed by atoms with E-state index >= 15 is 0 Å². The minimum Gasteiger partial charge on any atom is -0.351 e. The third-order valence-corrected chi connectivity index (χ3v) is 0.201. The number of amides is 3. The van der Waals surface area contributed by atoms with E-state index in [-0.39, 0.29) is 12.6 Å². The Morgan fingerprint density at radius 1 is 1.71 bits per heavy atom. The first kappa shape index (κ1) is 9.31. The highest BCUT2D eigenvalue weighted by molar-refractivity contribution is 5.82. The molecule has 0 heterocycles. The molecule has 5 heteroatoms. The lowest BCUT2D eigenvalue weighted by Gasteiger charge is -1.79. The number of nitrogens with one attached hydrogen (secondary N) is 1. The topological polar surface area (TPSA) is 107 Å². The molecule has 3 amide bonds. The number of carbonyl (C=O) groups excluding carboxylic acids is 2. The Balaban J connectivity index is 0. The number of rotatable bonds is 1. The second kappa shape index (κ2) is 4.90. The molecule has 7 heavy (non-hydrogen) atoms. The van der Waals surface area contributed by atoms with Gasteiger partial charge in [-0.2, -0.15) is 0 Å². The SMILES string of the molecule is N.NC(=O)NC=O. The van der Waals surface area contributed by atoms with Crippen LogP contribution in [-0.2, 0) is 4.79 Å². The maximum atomic E-state index is 9.48. The summed E-state index contributed by atoms with van der Waals surface area (Å²) < 4.78 is 0. The summed E-state index contributed by atoms with van der Waals surface area (Å²) >= 11 is 0. The van der Waals surface area contributed by atoms with Gasteiger partial charge >= 0.3 is 6.03 Å². The molecule has 0 unspecified atom stereocenters. The van der Waals surface area contributed by atoms with Crippen molar-refractivity contribution in [1.29, 1.82) is 0 Å². The maximum absolute atomic E-state index is 9.48. The quantitative estimate of drug-likeness (QED) is 0.371. The van der Waals surface area contributed by atoms with Gasteiger partial charge in [-0.3, -0.25) is 10.1 Å². The summed E-state index contributed by atoms with van der Waals surface area (Å²) in [6, 6.07) is -0.829. The molecular formula is C2H7N3O2. The minimum atomic E-state index is -0.829. The van der Waals surface area contributed by atoms with E-state index in [0.29, 0.717) is 0 Å². The van der Waals surface area contributed by atoms with Gasteiger partial charge in [-0.05, 0) is 0 Å². The third-order valence-electron chi connectivity index (χ3n) is 0.201. The van der Waals surface area contributed by atoms with Crippen molar-refractivity contribution in [2.75, 3.05) is 0 Å². The van der Waals surface area contributed by atoms with E-state index in [0.717, 1.165) is 0 Å². The Bertz CT molecular complexity index is 71.3. The summed E-state index contributed by atoms with van der Waals surface area (Å²) in [5.74, 6) is 0. The lowest BCUT2D eigenvalue weighted by atomic mass is 11.0. The van der Waals surface area contributed by atoms with Crippen LogP contribution in [0.4, 0.5) is 4.79 Å². The molecule has 0 aromatic heterocycles. The van der Waals surface area contributed by atoms with Crippen molar-refractivity contribution in [2.45, 2.75) is 0 Å². The van der Waals surface area contributed by atoms with E-state index in [1.54, 1.807) is 5.32 Å². The van der Waals surface area contributed by atoms with Crippen LogP contribution >= 0.6 is 0 Å². The molecule has 0 fully saturated rings. The molecule has 0 spiro atoms. The molecule has 0 aromatic carbocycles. The Labute approximate surface area is 40.5 Å². The monoisotopic (exact) mass is 105 g/mol. The van der Waals surface area contributed by atoms with E-state index in [1.165, 1.54) is 0 Å². The van der Waals surface area contributed by atoms with E-state index in [4.69, 9.17) is 0 Å². The van der Waals surface area contributed by atoms with E-state index < -0.39 is 6.03 Å². The predicted octanol–water partition coefficient (Wildman–Crippen LogP) is -1.03. The van der Waals surface area contributed by atoms with E-state index in [2.05, 4.69) is 5.73 Å². The number of hydrogen-bond acceptors (Lipinski definition) is 3. The van der Waals surface area contributed by atoms with Gasteiger partial charge in [0.05, 0.1) is 0 Å². The Morgan fingerprint density at radius 2 is 2.14 bits per heavy atom. The zero-order chi connectivity index (χ0) is 4.99. The van der Waals surface area contributed by atoms with Crippen LogP contribution in [0.15, 0.2) is 0 Å². The first-order valence-electron chi connectivity index (χ1n) is 1.27. The molecule has 0 atom stereocenters. The summed E-state index contributed by atoms with van der Waals surface area (Å²) in [5.41, 5.74) is 4.42. The van der Waals surface area contributed by atoms with Crippen LogP contribution in [0.3, 0.4) is 0 Å². The summed E-state index contributed by atoms with van der Waals surface area (Å²) in [6.45, 7) is 0. The van der Waals surface area contributed by atoms with Gasteiger partial charge < -0.3 is 11.9 Å². The lowest BCUT2D eigenvalue weighted by Crippen LogP contribution is -2.27. The van der Waals surface area contributed by atoms with Crippen LogP contribution in [0, 0.1) is 0 Å². The van der Waals surface area contributed by atoms with Crippen LogP contribution < -0.4 is 17.2 Å². The second-order valence-electron chi connectivity index (χ2n) is 0.626. The van der Waals surface area contributed by atoms with Crippen LogP contribution in [0.25, 0.3) is 0 Å². The highest BCUT2D eigenvalue weighted by Gasteiger charge is 1.79. The fraction of sp³-hybridized carbons (Fsp3) is 0. The number of primary amides is 1. The van der Waals surface area contributed by atoms with Crippen LogP contribution in [-0.4, -0.2) is 12.4 Å². The zero-order valence-corrected chi connectivity index (χ0v) is 3.68. The molecule has 0 saturated heterocycles. The Hall–Kier alpha value is -1.10. The lowest BCUT2D eigenvalue weighted by molar-refractivity contribution is -0.108. The normalized spacial score (nSPS) is 5.71. The van der Waals surface area contributed by atoms with Crippen LogP contribution in [0.5, 0.6) is 0 Å². The van der Waals surface area contributed by atoms with Crippen LogP contribution in [0.2, 0.25) is 0 Å². The van der Waals surface area contributed by atoms with Crippen molar-refractivity contribution < 1.29 is 9.59 Å². The molecular weight excluding hydrogens is 98.0 g/mol. The number of carbonyl (C=O) groups is 2. The molecule has 42 valence electrons. The fourth-order valence-corrected chi connectivity index (χ4v) is 0.0581. The van der Waals surface area contributed by atoms with Gasteiger partial charge in [0, 0.05) is 0 Å². The average molecular weight is 105 g/mol. The molecule has 6 N–H and O–H groups in total. The molecule has 0 aromatic rings. The molecule has 0 rings (SSSR count). The fourth-order valence-electron chi connectivity index (χ4n) is 0.0581. The number of urea groups is 1. The average Bonchev–Trinajstić information content (AvgIpc) is 1.35. The smallest absolute Gasteiger partial charge is 0.318 e. The van der Waals surface area contributed by atoms with Crippen LogP contribution in [0.1, 0.15) is 0 Å². The second-order valence-corrected chi connectivity index (χ2v) is 0.626. The zero-order valence-electron chi connectivity index (χ0n) is 3.68. The predicted molar refractivity (Wildman–Crippen MR) is 23.8 cm³/mol. The van der Waals surface area contributed by atoms with Gasteiger partial charge in [-0.1, -0.05) is 0 Å². The Morgan fingerprint density at radius 3 is 2.14 bits per heavy atom. The number of nitrogens with two attached hydrogens (primary N) is 1. The Kier molecular flexibility index (Phi) is 6.52. The molecule has 0 aliphatic rings. The standard InChI is InChI=1S/C2H4N2O2.H3N/c3-2(6)4-1-5;/h1H,(H3,3,4,5,6);1H3. The highest BCUT2D eigenvalue weighted by Crippen LogP contribution is 1.41. The summed E-state index contributed by atoms with van der Waals surface area (Å²) in [5, 5.41) is 1.67. The van der Waals surface area contributed by atoms with Gasteiger partial charge in [-0.25, -0.2) is 4.79 Å². The maximum Gasteiger partial charge on any atom is 0.318 e. The molecule has 0 aliphatic carbocycles. The van der Waals surface area contributed by atoms with Crippen molar-refractivity contribution in [1.82, 2.24) is 11.5 Å². The van der Waals surface area contributed by atoms with E-state index in [9.17, 15) is 9.59 Å². The summed E-state index contributed by atoms with van der Waals surface area (Å²) in [7, 11) is 0. The molecule has 0 radical (unpaired) electrons. The summed E-state index contributed by atoms with van der Waals surface area (Å²) in [6.07, 6.45) is 0.225. The van der Waals surface area contributed by atoms with Crippen molar-refractivity contribution in [2.24, 2.45) is 5.73 Å². The first-order valence-corrected chi connectivity index (χ1v) is 1.27. The molecule has 0 aliphatic heterocycles. The third kappa shape index (κ3) is 11.4. The molecule has 5 nitrogen and oxygen atoms in total. The molecule has 0 bridgehead atoms. The number of hydrogen-bond donors (Lipinski definition) is 3. The first-order chi connectivity index (χ1) is 2.77. The molecule has 0 saturated carbocycles. The largest absolute Gasteiger partial charge is 0.351 e. The van der Waals surface area contributed by atoms with Gasteiger partial charge in [0.25, 0.3) is 0 Å². The van der Waals surface area contributed by atoms with Gasteiger partial charge in [-0.15, -0.1) is 0 Å². The van der Waals surface area contributed by atoms with Gasteiger partial charge in [0.2, 0.25) is 6.41 Å². The highest BCUT2D eigenvalue weighted by atomic mass is 16.2. The van der Waals surface area contributed by atoms with Crippen molar-refractivity contribution in [3.63, 3.8) is 0 Å². The minimum absolute atomic E-state index is 0.